The van der Waals surface area contributed by atoms with E-state index in [2.05, 4.69) is 49.7 Å². The summed E-state index contributed by atoms with van der Waals surface area (Å²) in [6, 6.07) is 0.688. The first-order valence-corrected chi connectivity index (χ1v) is 9.69. The lowest BCUT2D eigenvalue weighted by Crippen LogP contribution is -2.67. The molecular formula is C17H34N2S. The van der Waals surface area contributed by atoms with Gasteiger partial charge in [-0.1, -0.05) is 47.0 Å². The summed E-state index contributed by atoms with van der Waals surface area (Å²) in [5, 5.41) is 3.96. The van der Waals surface area contributed by atoms with E-state index >= 15 is 0 Å². The van der Waals surface area contributed by atoms with Crippen LogP contribution in [0.1, 0.15) is 59.8 Å². The zero-order chi connectivity index (χ0) is 14.6. The zero-order valence-corrected chi connectivity index (χ0v) is 14.8. The number of piperazine rings is 1. The van der Waals surface area contributed by atoms with E-state index in [0.29, 0.717) is 17.0 Å². The highest BCUT2D eigenvalue weighted by Gasteiger charge is 2.42. The Hall–Kier alpha value is 0.270. The molecule has 1 aliphatic carbocycles. The molecule has 0 aromatic rings. The summed E-state index contributed by atoms with van der Waals surface area (Å²) in [4.78, 5) is 2.81. The Morgan fingerprint density at radius 2 is 1.90 bits per heavy atom. The first kappa shape index (κ1) is 16.6. The molecule has 2 nitrogen and oxygen atoms in total. The van der Waals surface area contributed by atoms with E-state index in [4.69, 9.17) is 0 Å². The van der Waals surface area contributed by atoms with Gasteiger partial charge in [-0.15, -0.1) is 0 Å². The molecular weight excluding hydrogens is 264 g/mol. The predicted octanol–water partition coefficient (Wildman–Crippen LogP) is 3.76. The SMILES string of the molecule is CCSCCN1CC2(CCCCC2)NCC1C(C)(C)C. The van der Waals surface area contributed by atoms with Crippen LogP contribution in [0.25, 0.3) is 0 Å². The molecule has 1 N–H and O–H groups in total. The normalized spacial score (nSPS) is 27.9. The van der Waals surface area contributed by atoms with Crippen molar-refractivity contribution in [1.82, 2.24) is 10.2 Å². The quantitative estimate of drug-likeness (QED) is 0.796. The molecule has 1 aliphatic heterocycles. The molecule has 0 aromatic heterocycles. The molecule has 0 bridgehead atoms. The molecule has 0 radical (unpaired) electrons. The molecule has 0 amide bonds. The Balaban J connectivity index is 2.01. The lowest BCUT2D eigenvalue weighted by atomic mass is 9.76. The molecule has 1 saturated heterocycles. The van der Waals surface area contributed by atoms with Gasteiger partial charge in [0, 0.05) is 37.0 Å². The Bertz CT molecular complexity index is 292. The monoisotopic (exact) mass is 298 g/mol. The maximum Gasteiger partial charge on any atom is 0.0309 e. The third-order valence-electron chi connectivity index (χ3n) is 5.15. The Kier molecular flexibility index (Phi) is 5.84. The molecule has 1 unspecified atom stereocenters. The number of nitrogens with zero attached hydrogens (tertiary/aromatic N) is 1. The molecule has 2 aliphatic rings. The van der Waals surface area contributed by atoms with E-state index in [1.807, 2.05) is 0 Å². The molecule has 1 spiro atoms. The van der Waals surface area contributed by atoms with E-state index in [1.54, 1.807) is 0 Å². The zero-order valence-electron chi connectivity index (χ0n) is 14.0. The molecule has 0 aromatic carbocycles. The minimum absolute atomic E-state index is 0.375. The molecule has 1 heterocycles. The van der Waals surface area contributed by atoms with Crippen molar-refractivity contribution in [2.24, 2.45) is 5.41 Å². The largest absolute Gasteiger partial charge is 0.308 e. The Morgan fingerprint density at radius 3 is 2.50 bits per heavy atom. The number of hydrogen-bond acceptors (Lipinski definition) is 3. The van der Waals surface area contributed by atoms with Gasteiger partial charge in [-0.05, 0) is 24.0 Å². The molecule has 2 fully saturated rings. The minimum Gasteiger partial charge on any atom is -0.308 e. The Labute approximate surface area is 130 Å². The van der Waals surface area contributed by atoms with Crippen LogP contribution in [0.4, 0.5) is 0 Å². The van der Waals surface area contributed by atoms with Crippen molar-refractivity contribution in [2.75, 3.05) is 31.1 Å². The van der Waals surface area contributed by atoms with Gasteiger partial charge in [0.05, 0.1) is 0 Å². The third-order valence-corrected chi connectivity index (χ3v) is 6.03. The summed E-state index contributed by atoms with van der Waals surface area (Å²) in [6.07, 6.45) is 7.07. The fourth-order valence-corrected chi connectivity index (χ4v) is 4.63. The van der Waals surface area contributed by atoms with Gasteiger partial charge in [-0.3, -0.25) is 4.90 Å². The summed E-state index contributed by atoms with van der Waals surface area (Å²) in [6.45, 7) is 13.2. The van der Waals surface area contributed by atoms with Crippen molar-refractivity contribution in [3.8, 4) is 0 Å². The highest BCUT2D eigenvalue weighted by atomic mass is 32.2. The summed E-state index contributed by atoms with van der Waals surface area (Å²) < 4.78 is 0. The van der Waals surface area contributed by atoms with Gasteiger partial charge >= 0.3 is 0 Å². The average molecular weight is 299 g/mol. The van der Waals surface area contributed by atoms with Gasteiger partial charge < -0.3 is 5.32 Å². The van der Waals surface area contributed by atoms with Gasteiger partial charge in [0.1, 0.15) is 0 Å². The summed E-state index contributed by atoms with van der Waals surface area (Å²) in [7, 11) is 0. The van der Waals surface area contributed by atoms with Crippen LogP contribution < -0.4 is 5.32 Å². The van der Waals surface area contributed by atoms with Crippen molar-refractivity contribution in [3.63, 3.8) is 0 Å². The van der Waals surface area contributed by atoms with Crippen LogP contribution in [0.15, 0.2) is 0 Å². The lowest BCUT2D eigenvalue weighted by Gasteiger charge is -2.53. The first-order chi connectivity index (χ1) is 9.47. The van der Waals surface area contributed by atoms with Crippen molar-refractivity contribution in [2.45, 2.75) is 71.4 Å². The number of nitrogens with one attached hydrogen (secondary N) is 1. The number of hydrogen-bond donors (Lipinski definition) is 1. The van der Waals surface area contributed by atoms with Gasteiger partial charge in [-0.2, -0.15) is 11.8 Å². The van der Waals surface area contributed by atoms with E-state index < -0.39 is 0 Å². The van der Waals surface area contributed by atoms with Gasteiger partial charge in [0.15, 0.2) is 0 Å². The van der Waals surface area contributed by atoms with Gasteiger partial charge in [0.2, 0.25) is 0 Å². The first-order valence-electron chi connectivity index (χ1n) is 8.54. The summed E-state index contributed by atoms with van der Waals surface area (Å²) >= 11 is 2.09. The fourth-order valence-electron chi connectivity index (χ4n) is 3.98. The maximum absolute atomic E-state index is 3.96. The van der Waals surface area contributed by atoms with E-state index in [0.717, 1.165) is 0 Å². The number of rotatable bonds is 4. The highest BCUT2D eigenvalue weighted by Crippen LogP contribution is 2.35. The highest BCUT2D eigenvalue weighted by molar-refractivity contribution is 7.99. The minimum atomic E-state index is 0.375. The summed E-state index contributed by atoms with van der Waals surface area (Å²) in [5.41, 5.74) is 0.817. The Morgan fingerprint density at radius 1 is 1.20 bits per heavy atom. The maximum atomic E-state index is 3.96. The van der Waals surface area contributed by atoms with Crippen LogP contribution >= 0.6 is 11.8 Å². The number of thioether (sulfide) groups is 1. The molecule has 3 heteroatoms. The fraction of sp³-hybridized carbons (Fsp3) is 1.00. The van der Waals surface area contributed by atoms with E-state index in [1.165, 1.54) is 63.2 Å². The standard InChI is InChI=1S/C17H34N2S/c1-5-20-12-11-19-14-17(9-7-6-8-10-17)18-13-15(19)16(2,3)4/h15,18H,5-14H2,1-4H3. The molecule has 2 rings (SSSR count). The van der Waals surface area contributed by atoms with Gasteiger partial charge in [-0.25, -0.2) is 0 Å². The van der Waals surface area contributed by atoms with Crippen molar-refractivity contribution in [1.29, 1.82) is 0 Å². The smallest absolute Gasteiger partial charge is 0.0309 e. The second-order valence-electron chi connectivity index (χ2n) is 7.77. The lowest BCUT2D eigenvalue weighted by molar-refractivity contribution is 0.0128. The van der Waals surface area contributed by atoms with Crippen LogP contribution in [-0.2, 0) is 0 Å². The molecule has 1 saturated carbocycles. The summed E-state index contributed by atoms with van der Waals surface area (Å²) in [5.74, 6) is 2.54. The van der Waals surface area contributed by atoms with Crippen LogP contribution in [0, 0.1) is 5.41 Å². The topological polar surface area (TPSA) is 15.3 Å². The molecule has 1 atom stereocenters. The van der Waals surface area contributed by atoms with Crippen LogP contribution in [-0.4, -0.2) is 47.6 Å². The van der Waals surface area contributed by atoms with Gasteiger partial charge in [0.25, 0.3) is 0 Å². The van der Waals surface area contributed by atoms with Crippen molar-refractivity contribution < 1.29 is 0 Å². The second kappa shape index (κ2) is 7.02. The van der Waals surface area contributed by atoms with E-state index in [9.17, 15) is 0 Å². The second-order valence-corrected chi connectivity index (χ2v) is 9.16. The third kappa shape index (κ3) is 4.14. The van der Waals surface area contributed by atoms with Crippen LogP contribution in [0.5, 0.6) is 0 Å². The molecule has 20 heavy (non-hydrogen) atoms. The van der Waals surface area contributed by atoms with Crippen LogP contribution in [0.3, 0.4) is 0 Å². The average Bonchev–Trinajstić information content (AvgIpc) is 2.38. The molecule has 118 valence electrons. The van der Waals surface area contributed by atoms with Crippen molar-refractivity contribution in [3.05, 3.63) is 0 Å². The van der Waals surface area contributed by atoms with Crippen molar-refractivity contribution >= 4 is 11.8 Å². The van der Waals surface area contributed by atoms with E-state index in [-0.39, 0.29) is 0 Å². The predicted molar refractivity (Wildman–Crippen MR) is 91.6 cm³/mol. The van der Waals surface area contributed by atoms with Crippen LogP contribution in [0.2, 0.25) is 0 Å².